The van der Waals surface area contributed by atoms with Crippen molar-refractivity contribution in [3.63, 3.8) is 0 Å². The summed E-state index contributed by atoms with van der Waals surface area (Å²) < 4.78 is 5.82. The Kier molecular flexibility index (Phi) is 7.71. The van der Waals surface area contributed by atoms with Gasteiger partial charge in [-0.1, -0.05) is 62.7 Å². The molecule has 3 nitrogen and oxygen atoms in total. The predicted octanol–water partition coefficient (Wildman–Crippen LogP) is 5.02. The summed E-state index contributed by atoms with van der Waals surface area (Å²) in [6, 6.07) is 16.6. The lowest BCUT2D eigenvalue weighted by Gasteiger charge is -2.17. The van der Waals surface area contributed by atoms with Crippen LogP contribution >= 0.6 is 0 Å². The van der Waals surface area contributed by atoms with E-state index < -0.39 is 6.10 Å². The van der Waals surface area contributed by atoms with E-state index in [1.54, 1.807) is 0 Å². The monoisotopic (exact) mass is 353 g/mol. The van der Waals surface area contributed by atoms with E-state index in [0.717, 1.165) is 18.6 Å². The highest BCUT2D eigenvalue weighted by Gasteiger charge is 2.17. The van der Waals surface area contributed by atoms with Gasteiger partial charge in [0.25, 0.3) is 5.91 Å². The van der Waals surface area contributed by atoms with Crippen LogP contribution in [0.15, 0.2) is 48.5 Å². The smallest absolute Gasteiger partial charge is 0.261 e. The maximum absolute atomic E-state index is 12.3. The van der Waals surface area contributed by atoms with Crippen LogP contribution in [0.2, 0.25) is 0 Å². The van der Waals surface area contributed by atoms with Gasteiger partial charge in [-0.05, 0) is 55.4 Å². The van der Waals surface area contributed by atoms with Crippen LogP contribution < -0.4 is 10.1 Å². The van der Waals surface area contributed by atoms with Crippen molar-refractivity contribution >= 4 is 5.91 Å². The Bertz CT molecular complexity index is 674. The van der Waals surface area contributed by atoms with Gasteiger partial charge >= 0.3 is 0 Å². The average Bonchev–Trinajstić information content (AvgIpc) is 2.65. The molecule has 0 spiro atoms. The number of aryl methyl sites for hydroxylation is 2. The minimum Gasteiger partial charge on any atom is -0.481 e. The number of hydrogen-bond acceptors (Lipinski definition) is 2. The molecule has 0 aliphatic carbocycles. The van der Waals surface area contributed by atoms with Crippen LogP contribution in [-0.4, -0.2) is 18.6 Å². The molecule has 2 aromatic carbocycles. The topological polar surface area (TPSA) is 38.3 Å². The second kappa shape index (κ2) is 10.0. The highest BCUT2D eigenvalue weighted by Crippen LogP contribution is 2.16. The van der Waals surface area contributed by atoms with Gasteiger partial charge in [-0.15, -0.1) is 0 Å². The summed E-state index contributed by atoms with van der Waals surface area (Å²) in [7, 11) is 0. The van der Waals surface area contributed by atoms with E-state index in [0.29, 0.717) is 18.9 Å². The van der Waals surface area contributed by atoms with Gasteiger partial charge in [0.1, 0.15) is 5.75 Å². The maximum atomic E-state index is 12.3. The molecule has 0 aromatic heterocycles. The maximum Gasteiger partial charge on any atom is 0.261 e. The van der Waals surface area contributed by atoms with Crippen LogP contribution in [0.5, 0.6) is 5.75 Å². The fourth-order valence-electron chi connectivity index (χ4n) is 2.79. The first-order valence-electron chi connectivity index (χ1n) is 9.59. The Morgan fingerprint density at radius 2 is 1.69 bits per heavy atom. The van der Waals surface area contributed by atoms with E-state index in [9.17, 15) is 4.79 Å². The van der Waals surface area contributed by atoms with E-state index in [-0.39, 0.29) is 5.91 Å². The second-order valence-corrected chi connectivity index (χ2v) is 7.12. The number of hydrogen-bond donors (Lipinski definition) is 1. The van der Waals surface area contributed by atoms with Crippen LogP contribution in [-0.2, 0) is 11.2 Å². The summed E-state index contributed by atoms with van der Waals surface area (Å²) in [5.41, 5.74) is 3.85. The Balaban J connectivity index is 1.75. The number of carbonyl (C=O) groups excluding carboxylic acids is 1. The molecule has 0 radical (unpaired) electrons. The first-order valence-corrected chi connectivity index (χ1v) is 9.59. The Morgan fingerprint density at radius 3 is 2.27 bits per heavy atom. The zero-order valence-corrected chi connectivity index (χ0v) is 16.4. The Labute approximate surface area is 157 Å². The number of amides is 1. The molecule has 0 heterocycles. The summed E-state index contributed by atoms with van der Waals surface area (Å²) in [4.78, 5) is 12.3. The largest absolute Gasteiger partial charge is 0.481 e. The molecule has 0 unspecified atom stereocenters. The van der Waals surface area contributed by atoms with E-state index >= 15 is 0 Å². The molecule has 1 N–H and O–H groups in total. The lowest BCUT2D eigenvalue weighted by Crippen LogP contribution is -2.38. The third kappa shape index (κ3) is 6.21. The molecular formula is C23H31NO2. The average molecular weight is 354 g/mol. The van der Waals surface area contributed by atoms with Gasteiger partial charge in [0.2, 0.25) is 0 Å². The minimum atomic E-state index is -0.442. The molecule has 140 valence electrons. The van der Waals surface area contributed by atoms with Crippen molar-refractivity contribution in [2.45, 2.75) is 59.0 Å². The van der Waals surface area contributed by atoms with Gasteiger partial charge < -0.3 is 10.1 Å². The van der Waals surface area contributed by atoms with Crippen LogP contribution in [0, 0.1) is 6.92 Å². The summed E-state index contributed by atoms with van der Waals surface area (Å²) in [5, 5.41) is 3.00. The number of ether oxygens (including phenoxy) is 1. The zero-order chi connectivity index (χ0) is 18.9. The second-order valence-electron chi connectivity index (χ2n) is 7.12. The molecule has 0 aliphatic rings. The molecule has 0 aliphatic heterocycles. The van der Waals surface area contributed by atoms with Gasteiger partial charge in [-0.25, -0.2) is 0 Å². The number of benzene rings is 2. The van der Waals surface area contributed by atoms with E-state index in [1.165, 1.54) is 16.7 Å². The zero-order valence-electron chi connectivity index (χ0n) is 16.4. The SMILES string of the molecule is CC[C@H](Oc1ccc(C)cc1)C(=O)NCCCc1ccc(C(C)C)cc1. The predicted molar refractivity (Wildman–Crippen MR) is 108 cm³/mol. The summed E-state index contributed by atoms with van der Waals surface area (Å²) >= 11 is 0. The highest BCUT2D eigenvalue weighted by atomic mass is 16.5. The van der Waals surface area contributed by atoms with E-state index in [4.69, 9.17) is 4.74 Å². The third-order valence-corrected chi connectivity index (χ3v) is 4.55. The molecule has 2 rings (SSSR count). The van der Waals surface area contributed by atoms with Crippen molar-refractivity contribution in [1.29, 1.82) is 0 Å². The Hall–Kier alpha value is -2.29. The molecule has 1 atom stereocenters. The van der Waals surface area contributed by atoms with Crippen LogP contribution in [0.4, 0.5) is 0 Å². The van der Waals surface area contributed by atoms with Crippen molar-refractivity contribution < 1.29 is 9.53 Å². The number of rotatable bonds is 9. The molecule has 0 fully saturated rings. The number of nitrogens with one attached hydrogen (secondary N) is 1. The normalized spacial score (nSPS) is 12.0. The number of carbonyl (C=O) groups is 1. The lowest BCUT2D eigenvalue weighted by molar-refractivity contribution is -0.128. The van der Waals surface area contributed by atoms with Gasteiger partial charge in [0.15, 0.2) is 6.10 Å². The van der Waals surface area contributed by atoms with E-state index in [1.807, 2.05) is 38.1 Å². The fraction of sp³-hybridized carbons (Fsp3) is 0.435. The van der Waals surface area contributed by atoms with Crippen LogP contribution in [0.3, 0.4) is 0 Å². The van der Waals surface area contributed by atoms with Gasteiger partial charge in [-0.2, -0.15) is 0 Å². The van der Waals surface area contributed by atoms with Crippen molar-refractivity contribution in [2.75, 3.05) is 6.54 Å². The molecule has 0 bridgehead atoms. The molecule has 3 heteroatoms. The summed E-state index contributed by atoms with van der Waals surface area (Å²) in [6.07, 6.45) is 2.10. The first kappa shape index (κ1) is 20.0. The summed E-state index contributed by atoms with van der Waals surface area (Å²) in [5.74, 6) is 1.26. The van der Waals surface area contributed by atoms with Crippen LogP contribution in [0.1, 0.15) is 56.2 Å². The quantitative estimate of drug-likeness (QED) is 0.643. The van der Waals surface area contributed by atoms with Gasteiger partial charge in [-0.3, -0.25) is 4.79 Å². The first-order chi connectivity index (χ1) is 12.5. The van der Waals surface area contributed by atoms with E-state index in [2.05, 4.69) is 43.4 Å². The third-order valence-electron chi connectivity index (χ3n) is 4.55. The molecule has 0 saturated carbocycles. The minimum absolute atomic E-state index is 0.0387. The molecule has 0 saturated heterocycles. The summed E-state index contributed by atoms with van der Waals surface area (Å²) in [6.45, 7) is 9.07. The Morgan fingerprint density at radius 1 is 1.04 bits per heavy atom. The molecule has 2 aromatic rings. The van der Waals surface area contributed by atoms with Crippen molar-refractivity contribution in [3.8, 4) is 5.75 Å². The van der Waals surface area contributed by atoms with Gasteiger partial charge in [0, 0.05) is 6.54 Å². The molecular weight excluding hydrogens is 322 g/mol. The molecule has 26 heavy (non-hydrogen) atoms. The van der Waals surface area contributed by atoms with Crippen molar-refractivity contribution in [3.05, 3.63) is 65.2 Å². The van der Waals surface area contributed by atoms with Crippen molar-refractivity contribution in [1.82, 2.24) is 5.32 Å². The van der Waals surface area contributed by atoms with Crippen molar-refractivity contribution in [2.24, 2.45) is 0 Å². The fourth-order valence-corrected chi connectivity index (χ4v) is 2.79. The highest BCUT2D eigenvalue weighted by molar-refractivity contribution is 5.81. The molecule has 1 amide bonds. The van der Waals surface area contributed by atoms with Crippen LogP contribution in [0.25, 0.3) is 0 Å². The lowest BCUT2D eigenvalue weighted by atomic mass is 10.0. The standard InChI is InChI=1S/C23H31NO2/c1-5-22(26-21-14-8-18(4)9-15-21)23(25)24-16-6-7-19-10-12-20(13-11-19)17(2)3/h8-15,17,22H,5-7,16H2,1-4H3,(H,24,25)/t22-/m0/s1. The van der Waals surface area contributed by atoms with Gasteiger partial charge in [0.05, 0.1) is 0 Å².